The third-order valence-electron chi connectivity index (χ3n) is 4.38. The molecule has 0 aromatic heterocycles. The van der Waals surface area contributed by atoms with Crippen LogP contribution in [0.5, 0.6) is 0 Å². The highest BCUT2D eigenvalue weighted by atomic mass is 16.3. The molecule has 3 atom stereocenters. The van der Waals surface area contributed by atoms with Gasteiger partial charge in [0.2, 0.25) is 11.8 Å². The molecule has 0 aliphatic carbocycles. The van der Waals surface area contributed by atoms with E-state index >= 15 is 0 Å². The van der Waals surface area contributed by atoms with Gasteiger partial charge in [0, 0.05) is 19.5 Å². The van der Waals surface area contributed by atoms with Gasteiger partial charge in [-0.3, -0.25) is 9.59 Å². The third-order valence-corrected chi connectivity index (χ3v) is 4.38. The highest BCUT2D eigenvalue weighted by Gasteiger charge is 2.31. The van der Waals surface area contributed by atoms with Gasteiger partial charge in [0.15, 0.2) is 0 Å². The van der Waals surface area contributed by atoms with Crippen LogP contribution in [0.1, 0.15) is 59.3 Å². The summed E-state index contributed by atoms with van der Waals surface area (Å²) in [6, 6.07) is -0.359. The third kappa shape index (κ3) is 5.30. The van der Waals surface area contributed by atoms with E-state index in [9.17, 15) is 14.7 Å². The predicted molar refractivity (Wildman–Crippen MR) is 82.7 cm³/mol. The van der Waals surface area contributed by atoms with Crippen molar-refractivity contribution in [3.8, 4) is 0 Å². The highest BCUT2D eigenvalue weighted by molar-refractivity contribution is 5.87. The van der Waals surface area contributed by atoms with E-state index in [1.165, 1.54) is 0 Å². The molecular weight excluding hydrogens is 268 g/mol. The maximum Gasteiger partial charge on any atom is 0.242 e. The number of aliphatic hydroxyl groups is 1. The zero-order valence-electron chi connectivity index (χ0n) is 13.6. The number of nitrogens with zero attached hydrogens (tertiary/aromatic N) is 1. The second kappa shape index (κ2) is 9.03. The van der Waals surface area contributed by atoms with Crippen LogP contribution in [0.25, 0.3) is 0 Å². The number of rotatable bonds is 7. The fourth-order valence-electron chi connectivity index (χ4n) is 2.66. The molecule has 1 heterocycles. The molecule has 1 aliphatic heterocycles. The van der Waals surface area contributed by atoms with Crippen LogP contribution in [0, 0.1) is 5.92 Å². The predicted octanol–water partition coefficient (Wildman–Crippen LogP) is 1.69. The first-order valence-electron chi connectivity index (χ1n) is 8.26. The number of hydrogen-bond acceptors (Lipinski definition) is 3. The van der Waals surface area contributed by atoms with E-state index in [-0.39, 0.29) is 30.3 Å². The molecule has 3 unspecified atom stereocenters. The number of amides is 2. The zero-order chi connectivity index (χ0) is 15.8. The Morgan fingerprint density at radius 3 is 2.67 bits per heavy atom. The maximum atomic E-state index is 12.3. The fraction of sp³-hybridized carbons (Fsp3) is 0.875. The van der Waals surface area contributed by atoms with Gasteiger partial charge in [-0.25, -0.2) is 0 Å². The molecule has 1 saturated heterocycles. The van der Waals surface area contributed by atoms with Gasteiger partial charge in [-0.05, 0) is 31.6 Å². The van der Waals surface area contributed by atoms with Gasteiger partial charge in [0.05, 0.1) is 6.10 Å². The Kier molecular flexibility index (Phi) is 7.72. The summed E-state index contributed by atoms with van der Waals surface area (Å²) in [7, 11) is 0. The summed E-state index contributed by atoms with van der Waals surface area (Å²) in [6.07, 6.45) is 4.32. The van der Waals surface area contributed by atoms with Crippen molar-refractivity contribution in [1.29, 1.82) is 0 Å². The summed E-state index contributed by atoms with van der Waals surface area (Å²) in [6.45, 7) is 6.89. The van der Waals surface area contributed by atoms with Crippen LogP contribution in [-0.2, 0) is 9.59 Å². The average molecular weight is 298 g/mol. The molecule has 2 N–H and O–H groups in total. The highest BCUT2D eigenvalue weighted by Crippen LogP contribution is 2.18. The van der Waals surface area contributed by atoms with Crippen molar-refractivity contribution in [2.45, 2.75) is 71.4 Å². The first-order valence-corrected chi connectivity index (χ1v) is 8.26. The molecule has 2 amide bonds. The smallest absolute Gasteiger partial charge is 0.242 e. The van der Waals surface area contributed by atoms with Crippen molar-refractivity contribution in [3.63, 3.8) is 0 Å². The van der Waals surface area contributed by atoms with Gasteiger partial charge in [0.25, 0.3) is 0 Å². The number of hydrogen-bond donors (Lipinski definition) is 2. The molecule has 1 aliphatic rings. The number of carbonyl (C=O) groups excluding carboxylic acids is 2. The Balaban J connectivity index is 2.55. The minimum atomic E-state index is -0.526. The molecule has 0 aromatic carbocycles. The summed E-state index contributed by atoms with van der Waals surface area (Å²) in [5.41, 5.74) is 0. The Labute approximate surface area is 128 Å². The van der Waals surface area contributed by atoms with Crippen molar-refractivity contribution in [2.24, 2.45) is 5.92 Å². The second-order valence-electron chi connectivity index (χ2n) is 6.05. The minimum absolute atomic E-state index is 0.0693. The molecule has 1 rings (SSSR count). The lowest BCUT2D eigenvalue weighted by molar-refractivity contribution is -0.142. The van der Waals surface area contributed by atoms with Gasteiger partial charge < -0.3 is 15.3 Å². The number of aliphatic hydroxyl groups excluding tert-OH is 1. The van der Waals surface area contributed by atoms with Crippen molar-refractivity contribution in [3.05, 3.63) is 0 Å². The summed E-state index contributed by atoms with van der Waals surface area (Å²) in [5.74, 6) is 0.107. The number of piperidine rings is 1. The molecule has 1 fully saturated rings. The summed E-state index contributed by atoms with van der Waals surface area (Å²) < 4.78 is 0. The van der Waals surface area contributed by atoms with E-state index in [4.69, 9.17) is 0 Å². The van der Waals surface area contributed by atoms with Gasteiger partial charge in [-0.2, -0.15) is 0 Å². The van der Waals surface area contributed by atoms with Gasteiger partial charge in [0.1, 0.15) is 6.04 Å². The van der Waals surface area contributed by atoms with E-state index in [1.54, 1.807) is 4.90 Å². The number of nitrogens with one attached hydrogen (secondary N) is 1. The summed E-state index contributed by atoms with van der Waals surface area (Å²) in [5, 5.41) is 12.7. The van der Waals surface area contributed by atoms with Crippen molar-refractivity contribution in [1.82, 2.24) is 10.2 Å². The quantitative estimate of drug-likeness (QED) is 0.751. The Hall–Kier alpha value is -1.10. The van der Waals surface area contributed by atoms with Crippen molar-refractivity contribution in [2.75, 3.05) is 13.1 Å². The Morgan fingerprint density at radius 1 is 1.33 bits per heavy atom. The first kappa shape index (κ1) is 18.0. The van der Waals surface area contributed by atoms with Gasteiger partial charge >= 0.3 is 0 Å². The first-order chi connectivity index (χ1) is 10.0. The molecule has 0 spiro atoms. The standard InChI is InChI=1S/C16H30N2O3/c1-4-8-15(20)18-10-7-6-9-13(18)16(21)17-11-14(19)12(3)5-2/h12-14,19H,4-11H2,1-3H3,(H,17,21). The Morgan fingerprint density at radius 2 is 2.05 bits per heavy atom. The van der Waals surface area contributed by atoms with Gasteiger partial charge in [-0.15, -0.1) is 0 Å². The number of likely N-dealkylation sites (tertiary alicyclic amines) is 1. The SMILES string of the molecule is CCCC(=O)N1CCCCC1C(=O)NCC(O)C(C)CC. The van der Waals surface area contributed by atoms with Crippen LogP contribution in [0.15, 0.2) is 0 Å². The molecule has 0 aromatic rings. The molecule has 5 nitrogen and oxygen atoms in total. The lowest BCUT2D eigenvalue weighted by Gasteiger charge is -2.35. The molecule has 0 radical (unpaired) electrons. The molecule has 21 heavy (non-hydrogen) atoms. The zero-order valence-corrected chi connectivity index (χ0v) is 13.6. The van der Waals surface area contributed by atoms with Crippen molar-refractivity contribution < 1.29 is 14.7 Å². The molecular formula is C16H30N2O3. The lowest BCUT2D eigenvalue weighted by atomic mass is 9.99. The monoisotopic (exact) mass is 298 g/mol. The summed E-state index contributed by atoms with van der Waals surface area (Å²) in [4.78, 5) is 26.1. The van der Waals surface area contributed by atoms with Crippen LogP contribution in [0.3, 0.4) is 0 Å². The molecule has 5 heteroatoms. The van der Waals surface area contributed by atoms with Crippen LogP contribution in [-0.4, -0.2) is 47.1 Å². The Bertz CT molecular complexity index is 346. The fourth-order valence-corrected chi connectivity index (χ4v) is 2.66. The van der Waals surface area contributed by atoms with Crippen LogP contribution in [0.4, 0.5) is 0 Å². The van der Waals surface area contributed by atoms with E-state index < -0.39 is 6.10 Å². The molecule has 122 valence electrons. The van der Waals surface area contributed by atoms with Crippen molar-refractivity contribution >= 4 is 11.8 Å². The minimum Gasteiger partial charge on any atom is -0.391 e. The number of carbonyl (C=O) groups is 2. The largest absolute Gasteiger partial charge is 0.391 e. The van der Waals surface area contributed by atoms with E-state index in [0.717, 1.165) is 32.1 Å². The molecule has 0 bridgehead atoms. The maximum absolute atomic E-state index is 12.3. The van der Waals surface area contributed by atoms with Gasteiger partial charge in [-0.1, -0.05) is 27.2 Å². The van der Waals surface area contributed by atoms with E-state index in [0.29, 0.717) is 13.0 Å². The van der Waals surface area contributed by atoms with Crippen LogP contribution < -0.4 is 5.32 Å². The molecule has 0 saturated carbocycles. The average Bonchev–Trinajstić information content (AvgIpc) is 2.51. The normalized spacial score (nSPS) is 21.7. The second-order valence-corrected chi connectivity index (χ2v) is 6.05. The van der Waals surface area contributed by atoms with Crippen LogP contribution in [0.2, 0.25) is 0 Å². The topological polar surface area (TPSA) is 69.6 Å². The van der Waals surface area contributed by atoms with Crippen LogP contribution >= 0.6 is 0 Å². The van der Waals surface area contributed by atoms with E-state index in [2.05, 4.69) is 5.32 Å². The lowest BCUT2D eigenvalue weighted by Crippen LogP contribution is -2.53. The van der Waals surface area contributed by atoms with E-state index in [1.807, 2.05) is 20.8 Å². The summed E-state index contributed by atoms with van der Waals surface area (Å²) >= 11 is 0.